The van der Waals surface area contributed by atoms with E-state index >= 15 is 0 Å². The second-order valence-corrected chi connectivity index (χ2v) is 6.59. The molecule has 2 aromatic carbocycles. The maximum absolute atomic E-state index is 13.9. The quantitative estimate of drug-likeness (QED) is 0.890. The Morgan fingerprint density at radius 3 is 2.38 bits per heavy atom. The van der Waals surface area contributed by atoms with Crippen molar-refractivity contribution in [3.8, 4) is 5.75 Å². The second-order valence-electron chi connectivity index (χ2n) is 4.85. The van der Waals surface area contributed by atoms with E-state index in [0.717, 1.165) is 0 Å². The van der Waals surface area contributed by atoms with Crippen LogP contribution in [0, 0.1) is 17.5 Å². The summed E-state index contributed by atoms with van der Waals surface area (Å²) >= 11 is 0. The van der Waals surface area contributed by atoms with Crippen molar-refractivity contribution in [3.05, 3.63) is 65.0 Å². The highest BCUT2D eigenvalue weighted by atomic mass is 32.2. The number of carbonyl (C=O) groups excluding carboxylic acids is 1. The molecule has 0 unspecified atom stereocenters. The van der Waals surface area contributed by atoms with Gasteiger partial charge in [0, 0.05) is 11.6 Å². The molecule has 1 amide bonds. The van der Waals surface area contributed by atoms with Crippen molar-refractivity contribution in [3.63, 3.8) is 0 Å². The number of ether oxygens (including phenoxy) is 1. The molecule has 0 bridgehead atoms. The largest absolute Gasteiger partial charge is 0.486 e. The molecule has 0 aromatic heterocycles. The lowest BCUT2D eigenvalue weighted by atomic mass is 10.2. The van der Waals surface area contributed by atoms with E-state index in [-0.39, 0.29) is 12.2 Å². The first-order chi connectivity index (χ1) is 11.2. The fourth-order valence-corrected chi connectivity index (χ4v) is 2.25. The normalized spacial score (nSPS) is 11.2. The molecule has 0 aliphatic carbocycles. The predicted molar refractivity (Wildman–Crippen MR) is 79.4 cm³/mol. The van der Waals surface area contributed by atoms with Gasteiger partial charge in [-0.2, -0.15) is 0 Å². The summed E-state index contributed by atoms with van der Waals surface area (Å²) in [7, 11) is -3.92. The standard InChI is InChI=1S/C15H12F3NO4S/c1-24(21,22)19-15(20)10-6-13(18)14(7-12(10)17)23-8-9-4-2-3-5-11(9)16/h2-7H,8H2,1H3,(H,19,20). The minimum Gasteiger partial charge on any atom is -0.486 e. The highest BCUT2D eigenvalue weighted by Crippen LogP contribution is 2.23. The Labute approximate surface area is 136 Å². The van der Waals surface area contributed by atoms with Gasteiger partial charge in [-0.3, -0.25) is 4.79 Å². The van der Waals surface area contributed by atoms with Crippen molar-refractivity contribution in [2.45, 2.75) is 6.61 Å². The molecule has 0 radical (unpaired) electrons. The molecule has 24 heavy (non-hydrogen) atoms. The minimum atomic E-state index is -3.92. The van der Waals surface area contributed by atoms with Gasteiger partial charge in [-0.15, -0.1) is 0 Å². The Bertz CT molecular complexity index is 884. The number of amides is 1. The third kappa shape index (κ3) is 4.48. The molecule has 0 saturated carbocycles. The van der Waals surface area contributed by atoms with Crippen LogP contribution in [0.1, 0.15) is 15.9 Å². The van der Waals surface area contributed by atoms with E-state index in [0.29, 0.717) is 18.4 Å². The zero-order valence-corrected chi connectivity index (χ0v) is 13.2. The van der Waals surface area contributed by atoms with Crippen LogP contribution in [-0.4, -0.2) is 20.6 Å². The van der Waals surface area contributed by atoms with Crippen LogP contribution in [0.15, 0.2) is 36.4 Å². The summed E-state index contributed by atoms with van der Waals surface area (Å²) in [6, 6.07) is 6.72. The van der Waals surface area contributed by atoms with Gasteiger partial charge in [0.1, 0.15) is 18.2 Å². The fourth-order valence-electron chi connectivity index (χ4n) is 1.81. The molecule has 2 aromatic rings. The average Bonchev–Trinajstić information content (AvgIpc) is 2.47. The van der Waals surface area contributed by atoms with Gasteiger partial charge in [0.25, 0.3) is 5.91 Å². The highest BCUT2D eigenvalue weighted by molar-refractivity contribution is 7.89. The number of hydrogen-bond acceptors (Lipinski definition) is 4. The third-order valence-corrected chi connectivity index (χ3v) is 3.44. The number of carbonyl (C=O) groups is 1. The van der Waals surface area contributed by atoms with Crippen LogP contribution < -0.4 is 9.46 Å². The molecule has 0 spiro atoms. The van der Waals surface area contributed by atoms with Crippen molar-refractivity contribution in [1.82, 2.24) is 4.72 Å². The van der Waals surface area contributed by atoms with Crippen molar-refractivity contribution in [2.24, 2.45) is 0 Å². The monoisotopic (exact) mass is 359 g/mol. The third-order valence-electron chi connectivity index (χ3n) is 2.89. The van der Waals surface area contributed by atoms with Crippen LogP contribution in [0.4, 0.5) is 13.2 Å². The Morgan fingerprint density at radius 2 is 1.75 bits per heavy atom. The Kier molecular flexibility index (Phi) is 5.13. The highest BCUT2D eigenvalue weighted by Gasteiger charge is 2.19. The molecule has 0 fully saturated rings. The first-order valence-corrected chi connectivity index (χ1v) is 8.44. The van der Waals surface area contributed by atoms with Gasteiger partial charge in [0.2, 0.25) is 10.0 Å². The first kappa shape index (κ1) is 17.8. The van der Waals surface area contributed by atoms with Gasteiger partial charge in [-0.05, 0) is 12.1 Å². The van der Waals surface area contributed by atoms with Crippen molar-refractivity contribution >= 4 is 15.9 Å². The number of halogens is 3. The molecule has 0 aliphatic rings. The summed E-state index contributed by atoms with van der Waals surface area (Å²) in [5, 5.41) is 0. The molecule has 9 heteroatoms. The smallest absolute Gasteiger partial charge is 0.267 e. The van der Waals surface area contributed by atoms with E-state index in [4.69, 9.17) is 4.74 Å². The lowest BCUT2D eigenvalue weighted by Crippen LogP contribution is -2.30. The Morgan fingerprint density at radius 1 is 1.08 bits per heavy atom. The van der Waals surface area contributed by atoms with Gasteiger partial charge >= 0.3 is 0 Å². The molecule has 5 nitrogen and oxygen atoms in total. The topological polar surface area (TPSA) is 72.5 Å². The SMILES string of the molecule is CS(=O)(=O)NC(=O)c1cc(F)c(OCc2ccccc2F)cc1F. The van der Waals surface area contributed by atoms with Crippen molar-refractivity contribution in [2.75, 3.05) is 6.26 Å². The summed E-state index contributed by atoms with van der Waals surface area (Å²) in [6.07, 6.45) is 0.699. The van der Waals surface area contributed by atoms with Crippen LogP contribution in [0.3, 0.4) is 0 Å². The number of nitrogens with one attached hydrogen (secondary N) is 1. The second kappa shape index (κ2) is 6.91. The van der Waals surface area contributed by atoms with E-state index in [1.54, 1.807) is 6.07 Å². The number of rotatable bonds is 5. The maximum atomic E-state index is 13.9. The summed E-state index contributed by atoms with van der Waals surface area (Å²) < 4.78 is 69.7. The number of sulfonamides is 1. The molecule has 128 valence electrons. The molecule has 0 saturated heterocycles. The van der Waals surface area contributed by atoms with Crippen LogP contribution in [0.5, 0.6) is 5.75 Å². The Balaban J connectivity index is 2.21. The van der Waals surface area contributed by atoms with Crippen LogP contribution in [-0.2, 0) is 16.6 Å². The molecule has 0 aliphatic heterocycles. The average molecular weight is 359 g/mol. The number of hydrogen-bond donors (Lipinski definition) is 1. The van der Waals surface area contributed by atoms with Gasteiger partial charge < -0.3 is 4.74 Å². The summed E-state index contributed by atoms with van der Waals surface area (Å²) in [5.41, 5.74) is -0.660. The minimum absolute atomic E-state index is 0.135. The summed E-state index contributed by atoms with van der Waals surface area (Å²) in [5.74, 6) is -4.68. The zero-order chi connectivity index (χ0) is 17.9. The molecule has 0 heterocycles. The summed E-state index contributed by atoms with van der Waals surface area (Å²) in [6.45, 7) is -0.349. The van der Waals surface area contributed by atoms with E-state index in [1.807, 2.05) is 0 Å². The lowest BCUT2D eigenvalue weighted by molar-refractivity contribution is 0.0977. The molecule has 1 N–H and O–H groups in total. The number of benzene rings is 2. The Hall–Kier alpha value is -2.55. The maximum Gasteiger partial charge on any atom is 0.267 e. The molecular formula is C15H12F3NO4S. The van der Waals surface area contributed by atoms with Gasteiger partial charge in [-0.1, -0.05) is 18.2 Å². The van der Waals surface area contributed by atoms with Gasteiger partial charge in [-0.25, -0.2) is 26.3 Å². The van der Waals surface area contributed by atoms with Crippen molar-refractivity contribution in [1.29, 1.82) is 0 Å². The van der Waals surface area contributed by atoms with Gasteiger partial charge in [0.15, 0.2) is 11.6 Å². The fraction of sp³-hybridized carbons (Fsp3) is 0.133. The van der Waals surface area contributed by atoms with Gasteiger partial charge in [0.05, 0.1) is 11.8 Å². The summed E-state index contributed by atoms with van der Waals surface area (Å²) in [4.78, 5) is 11.6. The van der Waals surface area contributed by atoms with Crippen LogP contribution >= 0.6 is 0 Å². The van der Waals surface area contributed by atoms with E-state index in [9.17, 15) is 26.4 Å². The molecular weight excluding hydrogens is 347 g/mol. The van der Waals surface area contributed by atoms with E-state index in [1.165, 1.54) is 22.9 Å². The molecule has 2 rings (SSSR count). The van der Waals surface area contributed by atoms with Crippen molar-refractivity contribution < 1.29 is 31.1 Å². The van der Waals surface area contributed by atoms with E-state index in [2.05, 4.69) is 0 Å². The van der Waals surface area contributed by atoms with Crippen LogP contribution in [0.25, 0.3) is 0 Å². The van der Waals surface area contributed by atoms with E-state index < -0.39 is 44.7 Å². The zero-order valence-electron chi connectivity index (χ0n) is 12.3. The first-order valence-electron chi connectivity index (χ1n) is 6.55. The molecule has 0 atom stereocenters. The lowest BCUT2D eigenvalue weighted by Gasteiger charge is -2.10. The predicted octanol–water partition coefficient (Wildman–Crippen LogP) is 2.37. The van der Waals surface area contributed by atoms with Crippen LogP contribution in [0.2, 0.25) is 0 Å².